The fourth-order valence-corrected chi connectivity index (χ4v) is 0.939. The van der Waals surface area contributed by atoms with Gasteiger partial charge in [0.15, 0.2) is 0 Å². The van der Waals surface area contributed by atoms with E-state index in [-0.39, 0.29) is 18.8 Å². The van der Waals surface area contributed by atoms with Gasteiger partial charge in [-0.2, -0.15) is 0 Å². The van der Waals surface area contributed by atoms with E-state index in [1.165, 1.54) is 0 Å². The number of nitrogens with one attached hydrogen (secondary N) is 1. The van der Waals surface area contributed by atoms with Crippen LogP contribution in [-0.2, 0) is 4.74 Å². The molecule has 0 aliphatic rings. The molecule has 0 spiro atoms. The highest BCUT2D eigenvalue weighted by atomic mass is 16.5. The van der Waals surface area contributed by atoms with E-state index >= 15 is 0 Å². The minimum Gasteiger partial charge on any atom is -0.396 e. The molecule has 4 heteroatoms. The molecule has 0 aliphatic heterocycles. The Balaban J connectivity index is 3.48. The quantitative estimate of drug-likeness (QED) is 0.484. The molecule has 0 aromatic carbocycles. The summed E-state index contributed by atoms with van der Waals surface area (Å²) in [4.78, 5) is 0. The zero-order valence-corrected chi connectivity index (χ0v) is 7.79. The molecule has 0 aromatic heterocycles. The van der Waals surface area contributed by atoms with Crippen molar-refractivity contribution < 1.29 is 14.9 Å². The predicted octanol–water partition coefficient (Wildman–Crippen LogP) is -0.646. The standard InChI is InChI=1S/C8H19NO3/c1-7(11)5-9-8(3-4-10)6-12-2/h7-11H,3-6H2,1-2H3/t7-,8?/m0/s1. The van der Waals surface area contributed by atoms with Crippen molar-refractivity contribution in [1.29, 1.82) is 0 Å². The Kier molecular flexibility index (Phi) is 7.39. The maximum atomic E-state index is 8.97. The van der Waals surface area contributed by atoms with Crippen LogP contribution in [0.5, 0.6) is 0 Å². The third-order valence-corrected chi connectivity index (χ3v) is 1.55. The summed E-state index contributed by atoms with van der Waals surface area (Å²) >= 11 is 0. The maximum absolute atomic E-state index is 8.97. The highest BCUT2D eigenvalue weighted by molar-refractivity contribution is 4.66. The number of hydrogen-bond donors (Lipinski definition) is 3. The van der Waals surface area contributed by atoms with Crippen molar-refractivity contribution in [2.24, 2.45) is 0 Å². The first-order valence-electron chi connectivity index (χ1n) is 4.22. The largest absolute Gasteiger partial charge is 0.396 e. The summed E-state index contributed by atoms with van der Waals surface area (Å²) in [5, 5.41) is 20.7. The van der Waals surface area contributed by atoms with Crippen LogP contribution in [0.25, 0.3) is 0 Å². The Hall–Kier alpha value is -0.160. The Morgan fingerprint density at radius 3 is 2.58 bits per heavy atom. The molecule has 0 heterocycles. The van der Waals surface area contributed by atoms with Crippen LogP contribution in [0.1, 0.15) is 13.3 Å². The smallest absolute Gasteiger partial charge is 0.0636 e. The van der Waals surface area contributed by atoms with Crippen molar-refractivity contribution in [1.82, 2.24) is 5.32 Å². The van der Waals surface area contributed by atoms with Gasteiger partial charge in [-0.25, -0.2) is 0 Å². The van der Waals surface area contributed by atoms with E-state index in [0.717, 1.165) is 0 Å². The summed E-state index contributed by atoms with van der Waals surface area (Å²) in [6.45, 7) is 2.96. The number of hydrogen-bond acceptors (Lipinski definition) is 4. The van der Waals surface area contributed by atoms with Gasteiger partial charge in [-0.05, 0) is 13.3 Å². The summed E-state index contributed by atoms with van der Waals surface area (Å²) in [5.74, 6) is 0. The average molecular weight is 177 g/mol. The summed E-state index contributed by atoms with van der Waals surface area (Å²) < 4.78 is 4.93. The Bertz CT molecular complexity index is 92.3. The molecular weight excluding hydrogens is 158 g/mol. The molecule has 0 aromatic rings. The van der Waals surface area contributed by atoms with E-state index in [2.05, 4.69) is 5.32 Å². The number of aliphatic hydroxyl groups is 2. The average Bonchev–Trinajstić information content (AvgIpc) is 2.01. The fourth-order valence-electron chi connectivity index (χ4n) is 0.939. The molecule has 0 amide bonds. The summed E-state index contributed by atoms with van der Waals surface area (Å²) in [7, 11) is 1.62. The zero-order valence-electron chi connectivity index (χ0n) is 7.79. The first-order valence-corrected chi connectivity index (χ1v) is 4.22. The second-order valence-electron chi connectivity index (χ2n) is 2.92. The van der Waals surface area contributed by atoms with Gasteiger partial charge in [-0.15, -0.1) is 0 Å². The molecule has 0 saturated heterocycles. The van der Waals surface area contributed by atoms with Gasteiger partial charge >= 0.3 is 0 Å². The molecule has 2 atom stereocenters. The number of rotatable bonds is 7. The van der Waals surface area contributed by atoms with Gasteiger partial charge in [0.2, 0.25) is 0 Å². The van der Waals surface area contributed by atoms with Gasteiger partial charge in [0.05, 0.1) is 12.7 Å². The van der Waals surface area contributed by atoms with Gasteiger partial charge in [-0.1, -0.05) is 0 Å². The van der Waals surface area contributed by atoms with Crippen LogP contribution in [0, 0.1) is 0 Å². The van der Waals surface area contributed by atoms with Crippen LogP contribution in [-0.4, -0.2) is 49.2 Å². The van der Waals surface area contributed by atoms with Crippen molar-refractivity contribution in [2.75, 3.05) is 26.9 Å². The van der Waals surface area contributed by atoms with Gasteiger partial charge < -0.3 is 20.3 Å². The minimum atomic E-state index is -0.358. The minimum absolute atomic E-state index is 0.134. The second kappa shape index (κ2) is 7.49. The molecule has 12 heavy (non-hydrogen) atoms. The lowest BCUT2D eigenvalue weighted by atomic mass is 10.2. The highest BCUT2D eigenvalue weighted by Gasteiger charge is 2.07. The predicted molar refractivity (Wildman–Crippen MR) is 47.1 cm³/mol. The number of ether oxygens (including phenoxy) is 1. The lowest BCUT2D eigenvalue weighted by molar-refractivity contribution is 0.132. The van der Waals surface area contributed by atoms with Crippen molar-refractivity contribution in [3.05, 3.63) is 0 Å². The normalized spacial score (nSPS) is 16.0. The fraction of sp³-hybridized carbons (Fsp3) is 1.00. The molecule has 0 radical (unpaired) electrons. The monoisotopic (exact) mass is 177 g/mol. The van der Waals surface area contributed by atoms with Crippen LogP contribution in [0.2, 0.25) is 0 Å². The van der Waals surface area contributed by atoms with Crippen LogP contribution in [0.4, 0.5) is 0 Å². The van der Waals surface area contributed by atoms with E-state index in [9.17, 15) is 0 Å². The Labute approximate surface area is 73.5 Å². The molecule has 0 bridgehead atoms. The summed E-state index contributed by atoms with van der Waals surface area (Å²) in [6.07, 6.45) is 0.295. The third kappa shape index (κ3) is 6.54. The molecule has 1 unspecified atom stereocenters. The molecule has 0 aliphatic carbocycles. The molecule has 3 N–H and O–H groups in total. The number of methoxy groups -OCH3 is 1. The topological polar surface area (TPSA) is 61.7 Å². The second-order valence-corrected chi connectivity index (χ2v) is 2.92. The molecule has 4 nitrogen and oxygen atoms in total. The van der Waals surface area contributed by atoms with E-state index in [4.69, 9.17) is 14.9 Å². The first-order chi connectivity index (χ1) is 5.70. The lowest BCUT2D eigenvalue weighted by Gasteiger charge is -2.17. The van der Waals surface area contributed by atoms with Crippen LogP contribution in [0.3, 0.4) is 0 Å². The molecule has 0 saturated carbocycles. The van der Waals surface area contributed by atoms with Crippen molar-refractivity contribution >= 4 is 0 Å². The number of aliphatic hydroxyl groups excluding tert-OH is 2. The maximum Gasteiger partial charge on any atom is 0.0636 e. The van der Waals surface area contributed by atoms with Crippen molar-refractivity contribution in [2.45, 2.75) is 25.5 Å². The summed E-state index contributed by atoms with van der Waals surface area (Å²) in [5.41, 5.74) is 0. The van der Waals surface area contributed by atoms with E-state index < -0.39 is 0 Å². The zero-order chi connectivity index (χ0) is 9.40. The van der Waals surface area contributed by atoms with Gasteiger partial charge in [0.25, 0.3) is 0 Å². The van der Waals surface area contributed by atoms with E-state index in [1.54, 1.807) is 14.0 Å². The molecule has 0 rings (SSSR count). The summed E-state index contributed by atoms with van der Waals surface area (Å²) in [6, 6.07) is 0.134. The first kappa shape index (κ1) is 11.8. The highest BCUT2D eigenvalue weighted by Crippen LogP contribution is 1.92. The van der Waals surface area contributed by atoms with Crippen molar-refractivity contribution in [3.8, 4) is 0 Å². The van der Waals surface area contributed by atoms with E-state index in [1.807, 2.05) is 0 Å². The SMILES string of the molecule is COCC(CCO)NC[C@H](C)O. The third-order valence-electron chi connectivity index (χ3n) is 1.55. The van der Waals surface area contributed by atoms with Gasteiger partial charge in [0.1, 0.15) is 0 Å². The molecule has 0 fully saturated rings. The van der Waals surface area contributed by atoms with Crippen LogP contribution < -0.4 is 5.32 Å². The Morgan fingerprint density at radius 2 is 2.17 bits per heavy atom. The van der Waals surface area contributed by atoms with Gasteiger partial charge in [0, 0.05) is 26.3 Å². The van der Waals surface area contributed by atoms with Gasteiger partial charge in [-0.3, -0.25) is 0 Å². The lowest BCUT2D eigenvalue weighted by Crippen LogP contribution is -2.38. The van der Waals surface area contributed by atoms with Crippen LogP contribution >= 0.6 is 0 Å². The van der Waals surface area contributed by atoms with Crippen molar-refractivity contribution in [3.63, 3.8) is 0 Å². The molecular formula is C8H19NO3. The molecule has 74 valence electrons. The Morgan fingerprint density at radius 1 is 1.50 bits per heavy atom. The van der Waals surface area contributed by atoms with E-state index in [0.29, 0.717) is 19.6 Å². The van der Waals surface area contributed by atoms with Crippen LogP contribution in [0.15, 0.2) is 0 Å².